The Bertz CT molecular complexity index is 1280. The van der Waals surface area contributed by atoms with Gasteiger partial charge in [-0.3, -0.25) is 9.59 Å². The third-order valence-corrected chi connectivity index (χ3v) is 8.67. The van der Waals surface area contributed by atoms with Crippen LogP contribution in [0.15, 0.2) is 58.7 Å². The maximum atomic E-state index is 13.4. The largest absolute Gasteiger partial charge is 0.493 e. The van der Waals surface area contributed by atoms with Gasteiger partial charge >= 0.3 is 5.97 Å². The van der Waals surface area contributed by atoms with Crippen LogP contribution in [-0.2, 0) is 4.79 Å². The zero-order valence-electron chi connectivity index (χ0n) is 19.7. The van der Waals surface area contributed by atoms with Crippen molar-refractivity contribution in [2.75, 3.05) is 12.4 Å². The van der Waals surface area contributed by atoms with Gasteiger partial charge in [0.1, 0.15) is 0 Å². The van der Waals surface area contributed by atoms with Gasteiger partial charge in [-0.05, 0) is 86.1 Å². The van der Waals surface area contributed by atoms with Crippen LogP contribution < -0.4 is 20.3 Å². The second-order valence-electron chi connectivity index (χ2n) is 10.3. The molecule has 7 rings (SSSR count). The summed E-state index contributed by atoms with van der Waals surface area (Å²) in [7, 11) is 1.55. The Balaban J connectivity index is 1.22. The van der Waals surface area contributed by atoms with E-state index in [9.17, 15) is 9.59 Å². The first-order valence-electron chi connectivity index (χ1n) is 12.2. The van der Waals surface area contributed by atoms with Gasteiger partial charge in [-0.2, -0.15) is 4.98 Å². The van der Waals surface area contributed by atoms with Gasteiger partial charge in [-0.25, -0.2) is 0 Å². The summed E-state index contributed by atoms with van der Waals surface area (Å²) in [6, 6.07) is 14.9. The van der Waals surface area contributed by atoms with Crippen LogP contribution in [0.5, 0.6) is 11.5 Å². The predicted molar refractivity (Wildman–Crippen MR) is 136 cm³/mol. The molecule has 0 unspecified atom stereocenters. The van der Waals surface area contributed by atoms with Crippen molar-refractivity contribution in [1.29, 1.82) is 0 Å². The average Bonchev–Trinajstić information content (AvgIpc) is 2.84. The van der Waals surface area contributed by atoms with E-state index in [4.69, 9.17) is 9.47 Å². The summed E-state index contributed by atoms with van der Waals surface area (Å²) in [5.74, 6) is 2.73. The molecule has 4 bridgehead atoms. The molecular weight excluding hydrogens is 460 g/mol. The van der Waals surface area contributed by atoms with Crippen LogP contribution in [0.2, 0.25) is 0 Å². The first kappa shape index (κ1) is 22.3. The molecule has 4 aliphatic rings. The van der Waals surface area contributed by atoms with Crippen LogP contribution in [0.4, 0.5) is 10.8 Å². The molecular formula is C28H28N2O4S. The minimum absolute atomic E-state index is 0.118. The van der Waals surface area contributed by atoms with E-state index in [1.165, 1.54) is 30.6 Å². The molecule has 0 spiro atoms. The SMILES string of the molecule is COc1cc(-c2csc(Nc3ccccc3)nc2=O)ccc1OC(=O)C12CC3CC(CC(C3)C1)C2. The Kier molecular flexibility index (Phi) is 5.60. The van der Waals surface area contributed by atoms with Crippen molar-refractivity contribution in [3.63, 3.8) is 0 Å². The molecule has 0 atom stereocenters. The van der Waals surface area contributed by atoms with Gasteiger partial charge in [0.2, 0.25) is 0 Å². The highest BCUT2D eigenvalue weighted by molar-refractivity contribution is 7.13. The number of esters is 1. The fourth-order valence-corrected chi connectivity index (χ4v) is 7.50. The molecule has 6 nitrogen and oxygen atoms in total. The fourth-order valence-electron chi connectivity index (χ4n) is 6.73. The minimum atomic E-state index is -0.339. The van der Waals surface area contributed by atoms with E-state index in [1.807, 2.05) is 30.3 Å². The molecule has 35 heavy (non-hydrogen) atoms. The maximum Gasteiger partial charge on any atom is 0.317 e. The fraction of sp³-hybridized carbons (Fsp3) is 0.393. The molecule has 4 saturated carbocycles. The zero-order valence-corrected chi connectivity index (χ0v) is 20.5. The summed E-state index contributed by atoms with van der Waals surface area (Å²) in [6.45, 7) is 0. The van der Waals surface area contributed by atoms with E-state index in [1.54, 1.807) is 30.7 Å². The summed E-state index contributed by atoms with van der Waals surface area (Å²) in [6.07, 6.45) is 6.68. The number of methoxy groups -OCH3 is 1. The van der Waals surface area contributed by atoms with Gasteiger partial charge < -0.3 is 14.8 Å². The van der Waals surface area contributed by atoms with Crippen LogP contribution in [0.3, 0.4) is 0 Å². The third kappa shape index (κ3) is 4.22. The lowest BCUT2D eigenvalue weighted by Crippen LogP contribution is -2.51. The van der Waals surface area contributed by atoms with E-state index in [0.29, 0.717) is 45.5 Å². The van der Waals surface area contributed by atoms with Crippen LogP contribution in [-0.4, -0.2) is 18.1 Å². The van der Waals surface area contributed by atoms with Crippen LogP contribution in [0.25, 0.3) is 11.1 Å². The summed E-state index contributed by atoms with van der Waals surface area (Å²) in [5, 5.41) is 5.47. The monoisotopic (exact) mass is 488 g/mol. The Morgan fingerprint density at radius 3 is 2.31 bits per heavy atom. The lowest BCUT2D eigenvalue weighted by atomic mass is 9.49. The molecule has 1 aromatic heterocycles. The van der Waals surface area contributed by atoms with Gasteiger partial charge in [-0.15, -0.1) is 11.3 Å². The summed E-state index contributed by atoms with van der Waals surface area (Å²) < 4.78 is 11.5. The van der Waals surface area contributed by atoms with Crippen molar-refractivity contribution in [2.24, 2.45) is 23.2 Å². The molecule has 180 valence electrons. The molecule has 0 amide bonds. The topological polar surface area (TPSA) is 77.5 Å². The number of nitrogens with one attached hydrogen (secondary N) is 1. The second kappa shape index (κ2) is 8.79. The number of ether oxygens (including phenoxy) is 2. The van der Waals surface area contributed by atoms with Gasteiger partial charge in [0, 0.05) is 11.1 Å². The van der Waals surface area contributed by atoms with E-state index in [2.05, 4.69) is 10.3 Å². The summed E-state index contributed by atoms with van der Waals surface area (Å²) in [4.78, 5) is 30.4. The van der Waals surface area contributed by atoms with E-state index < -0.39 is 0 Å². The Hall–Kier alpha value is -3.19. The summed E-state index contributed by atoms with van der Waals surface area (Å²) >= 11 is 1.35. The number of anilines is 2. The smallest absolute Gasteiger partial charge is 0.317 e. The number of benzene rings is 2. The molecule has 4 fully saturated rings. The van der Waals surface area contributed by atoms with E-state index in [-0.39, 0.29) is 16.9 Å². The molecule has 0 radical (unpaired) electrons. The maximum absolute atomic E-state index is 13.4. The van der Waals surface area contributed by atoms with Crippen molar-refractivity contribution >= 4 is 28.1 Å². The van der Waals surface area contributed by atoms with Crippen LogP contribution in [0.1, 0.15) is 38.5 Å². The Morgan fingerprint density at radius 2 is 1.69 bits per heavy atom. The van der Waals surface area contributed by atoms with Crippen molar-refractivity contribution in [1.82, 2.24) is 4.98 Å². The number of para-hydroxylation sites is 1. The highest BCUT2D eigenvalue weighted by atomic mass is 32.1. The quantitative estimate of drug-likeness (QED) is 0.336. The van der Waals surface area contributed by atoms with Gasteiger partial charge in [-0.1, -0.05) is 24.3 Å². The Labute approximate surface area is 208 Å². The summed E-state index contributed by atoms with van der Waals surface area (Å²) in [5.41, 5.74) is 1.36. The molecule has 2 aromatic carbocycles. The number of nitrogens with zero attached hydrogens (tertiary/aromatic N) is 1. The molecule has 1 N–H and O–H groups in total. The number of aromatic nitrogens is 1. The predicted octanol–water partition coefficient (Wildman–Crippen LogP) is 6.04. The molecule has 4 aliphatic carbocycles. The lowest BCUT2D eigenvalue weighted by Gasteiger charge is -2.55. The first-order chi connectivity index (χ1) is 17.0. The van der Waals surface area contributed by atoms with Crippen LogP contribution in [0, 0.1) is 23.2 Å². The third-order valence-electron chi connectivity index (χ3n) is 7.90. The number of rotatable bonds is 6. The number of carbonyl (C=O) groups is 1. The highest BCUT2D eigenvalue weighted by Gasteiger charge is 2.55. The molecule has 3 aromatic rings. The van der Waals surface area contributed by atoms with Crippen molar-refractivity contribution < 1.29 is 14.3 Å². The molecule has 7 heteroatoms. The van der Waals surface area contributed by atoms with Crippen molar-refractivity contribution in [3.05, 3.63) is 64.3 Å². The number of hydrogen-bond donors (Lipinski definition) is 1. The lowest BCUT2D eigenvalue weighted by molar-refractivity contribution is -0.161. The first-order valence-corrected chi connectivity index (χ1v) is 13.1. The average molecular weight is 489 g/mol. The highest BCUT2D eigenvalue weighted by Crippen LogP contribution is 2.60. The van der Waals surface area contributed by atoms with Gasteiger partial charge in [0.05, 0.1) is 18.1 Å². The molecule has 1 heterocycles. The van der Waals surface area contributed by atoms with Gasteiger partial charge in [0.25, 0.3) is 5.56 Å². The standard InChI is InChI=1S/C28H28N2O4S/c1-33-24-12-20(22-16-35-27(30-25(22)31)29-21-5-3-2-4-6-21)7-8-23(24)34-26(32)28-13-17-9-18(14-28)11-19(10-17)15-28/h2-8,12,16-19H,9-11,13-15H2,1H3,(H,29,30,31). The zero-order chi connectivity index (χ0) is 24.0. The van der Waals surface area contributed by atoms with Gasteiger partial charge in [0.15, 0.2) is 16.6 Å². The second-order valence-corrected chi connectivity index (χ2v) is 11.2. The number of hydrogen-bond acceptors (Lipinski definition) is 7. The molecule has 0 saturated heterocycles. The van der Waals surface area contributed by atoms with Crippen molar-refractivity contribution in [3.8, 4) is 22.6 Å². The Morgan fingerprint density at radius 1 is 1.00 bits per heavy atom. The minimum Gasteiger partial charge on any atom is -0.493 e. The normalized spacial score (nSPS) is 26.4. The van der Waals surface area contributed by atoms with E-state index >= 15 is 0 Å². The number of carbonyl (C=O) groups excluding carboxylic acids is 1. The molecule has 0 aliphatic heterocycles. The van der Waals surface area contributed by atoms with Crippen molar-refractivity contribution in [2.45, 2.75) is 38.5 Å². The van der Waals surface area contributed by atoms with E-state index in [0.717, 1.165) is 24.9 Å². The van der Waals surface area contributed by atoms with Crippen LogP contribution >= 0.6 is 11.3 Å².